The van der Waals surface area contributed by atoms with Gasteiger partial charge in [-0.05, 0) is 42.7 Å². The predicted octanol–water partition coefficient (Wildman–Crippen LogP) is 4.06. The van der Waals surface area contributed by atoms with E-state index in [-0.39, 0.29) is 24.0 Å². The molecule has 1 aromatic heterocycles. The van der Waals surface area contributed by atoms with Crippen LogP contribution in [-0.2, 0) is 6.42 Å². The number of hydrogen-bond donors (Lipinski definition) is 3. The van der Waals surface area contributed by atoms with Gasteiger partial charge < -0.3 is 16.0 Å². The molecule has 0 aliphatic heterocycles. The Morgan fingerprint density at radius 3 is 2.70 bits per heavy atom. The van der Waals surface area contributed by atoms with Crippen molar-refractivity contribution in [2.45, 2.75) is 13.3 Å². The fourth-order valence-corrected chi connectivity index (χ4v) is 2.65. The van der Waals surface area contributed by atoms with Crippen molar-refractivity contribution in [1.82, 2.24) is 4.98 Å². The number of nitrogens with zero attached hydrogens (tertiary/aromatic N) is 1. The SMILES string of the molecule is Cc1cccc2[nH]cc(CCN=C(N)Nc3ccccc3)c12.I. The second kappa shape index (κ2) is 8.01. The summed E-state index contributed by atoms with van der Waals surface area (Å²) >= 11 is 0. The van der Waals surface area contributed by atoms with Crippen molar-refractivity contribution in [2.24, 2.45) is 10.7 Å². The maximum absolute atomic E-state index is 5.92. The number of para-hydroxylation sites is 1. The van der Waals surface area contributed by atoms with Crippen LogP contribution in [0, 0.1) is 6.92 Å². The zero-order chi connectivity index (χ0) is 15.4. The predicted molar refractivity (Wildman–Crippen MR) is 109 cm³/mol. The van der Waals surface area contributed by atoms with E-state index >= 15 is 0 Å². The van der Waals surface area contributed by atoms with E-state index in [1.54, 1.807) is 0 Å². The molecule has 120 valence electrons. The normalized spacial score (nSPS) is 11.3. The van der Waals surface area contributed by atoms with Crippen LogP contribution in [0.5, 0.6) is 0 Å². The smallest absolute Gasteiger partial charge is 0.193 e. The highest BCUT2D eigenvalue weighted by atomic mass is 127. The topological polar surface area (TPSA) is 66.2 Å². The summed E-state index contributed by atoms with van der Waals surface area (Å²) in [5, 5.41) is 4.39. The lowest BCUT2D eigenvalue weighted by Crippen LogP contribution is -2.22. The van der Waals surface area contributed by atoms with Gasteiger partial charge in [-0.1, -0.05) is 30.3 Å². The maximum Gasteiger partial charge on any atom is 0.193 e. The van der Waals surface area contributed by atoms with E-state index in [4.69, 9.17) is 5.73 Å². The summed E-state index contributed by atoms with van der Waals surface area (Å²) < 4.78 is 0. The number of benzene rings is 2. The van der Waals surface area contributed by atoms with Crippen LogP contribution in [0.25, 0.3) is 10.9 Å². The number of fused-ring (bicyclic) bond motifs is 1. The molecule has 0 amide bonds. The van der Waals surface area contributed by atoms with E-state index in [0.29, 0.717) is 12.5 Å². The Morgan fingerprint density at radius 1 is 1.13 bits per heavy atom. The highest BCUT2D eigenvalue weighted by Gasteiger charge is 2.05. The fraction of sp³-hybridized carbons (Fsp3) is 0.167. The molecule has 0 unspecified atom stereocenters. The average Bonchev–Trinajstić information content (AvgIpc) is 2.93. The molecule has 5 heteroatoms. The van der Waals surface area contributed by atoms with Crippen molar-refractivity contribution >= 4 is 46.5 Å². The van der Waals surface area contributed by atoms with Gasteiger partial charge >= 0.3 is 0 Å². The second-order valence-electron chi connectivity index (χ2n) is 5.32. The van der Waals surface area contributed by atoms with Crippen molar-refractivity contribution in [1.29, 1.82) is 0 Å². The zero-order valence-corrected chi connectivity index (χ0v) is 15.4. The molecule has 4 nitrogen and oxygen atoms in total. The molecule has 2 aromatic carbocycles. The van der Waals surface area contributed by atoms with Gasteiger partial charge in [0.25, 0.3) is 0 Å². The second-order valence-corrected chi connectivity index (χ2v) is 5.32. The summed E-state index contributed by atoms with van der Waals surface area (Å²) in [6.45, 7) is 2.79. The number of hydrogen-bond acceptors (Lipinski definition) is 1. The largest absolute Gasteiger partial charge is 0.370 e. The Kier molecular flexibility index (Phi) is 6.04. The highest BCUT2D eigenvalue weighted by Crippen LogP contribution is 2.22. The molecule has 0 saturated heterocycles. The lowest BCUT2D eigenvalue weighted by molar-refractivity contribution is 0.971. The molecule has 3 aromatic rings. The maximum atomic E-state index is 5.92. The van der Waals surface area contributed by atoms with Gasteiger partial charge in [0.15, 0.2) is 5.96 Å². The summed E-state index contributed by atoms with van der Waals surface area (Å²) in [4.78, 5) is 7.71. The lowest BCUT2D eigenvalue weighted by Gasteiger charge is -2.05. The third-order valence-corrected chi connectivity index (χ3v) is 3.71. The Balaban J connectivity index is 0.00000192. The van der Waals surface area contributed by atoms with Crippen molar-refractivity contribution in [3.63, 3.8) is 0 Å². The number of halogens is 1. The number of aliphatic imine (C=N–C) groups is 1. The molecule has 0 spiro atoms. The first-order chi connectivity index (χ1) is 10.7. The van der Waals surface area contributed by atoms with Gasteiger partial charge in [0.2, 0.25) is 0 Å². The molecule has 0 aliphatic carbocycles. The molecular formula is C18H21IN4. The molecule has 1 heterocycles. The molecule has 4 N–H and O–H groups in total. The molecule has 0 fully saturated rings. The third kappa shape index (κ3) is 4.25. The van der Waals surface area contributed by atoms with Crippen LogP contribution in [0.4, 0.5) is 5.69 Å². The third-order valence-electron chi connectivity index (χ3n) is 3.71. The van der Waals surface area contributed by atoms with Gasteiger partial charge in [-0.3, -0.25) is 4.99 Å². The van der Waals surface area contributed by atoms with E-state index < -0.39 is 0 Å². The molecule has 23 heavy (non-hydrogen) atoms. The lowest BCUT2D eigenvalue weighted by atomic mass is 10.1. The van der Waals surface area contributed by atoms with Gasteiger partial charge in [-0.25, -0.2) is 0 Å². The van der Waals surface area contributed by atoms with Gasteiger partial charge in [0.05, 0.1) is 0 Å². The van der Waals surface area contributed by atoms with E-state index in [0.717, 1.165) is 12.1 Å². The fourth-order valence-electron chi connectivity index (χ4n) is 2.65. The minimum Gasteiger partial charge on any atom is -0.370 e. The first-order valence-electron chi connectivity index (χ1n) is 7.41. The Hall–Kier alpha value is -2.02. The summed E-state index contributed by atoms with van der Waals surface area (Å²) in [6, 6.07) is 16.1. The summed E-state index contributed by atoms with van der Waals surface area (Å²) in [5.41, 5.74) is 10.6. The van der Waals surface area contributed by atoms with Crippen LogP contribution in [0.15, 0.2) is 59.7 Å². The van der Waals surface area contributed by atoms with Crippen molar-refractivity contribution in [2.75, 3.05) is 11.9 Å². The molecular weight excluding hydrogens is 399 g/mol. The van der Waals surface area contributed by atoms with Gasteiger partial charge in [-0.2, -0.15) is 0 Å². The standard InChI is InChI=1S/C18H20N4.HI/c1-13-6-5-9-16-17(13)14(12-21-16)10-11-20-18(19)22-15-7-3-2-4-8-15;/h2-9,12,21H,10-11H2,1H3,(H3,19,20,22);1H. The molecule has 0 atom stereocenters. The average molecular weight is 420 g/mol. The monoisotopic (exact) mass is 420 g/mol. The van der Waals surface area contributed by atoms with Crippen LogP contribution in [0.1, 0.15) is 11.1 Å². The van der Waals surface area contributed by atoms with E-state index in [9.17, 15) is 0 Å². The Labute approximate surface area is 153 Å². The molecule has 0 radical (unpaired) electrons. The van der Waals surface area contributed by atoms with E-state index in [2.05, 4.69) is 46.6 Å². The number of nitrogens with one attached hydrogen (secondary N) is 2. The van der Waals surface area contributed by atoms with Crippen molar-refractivity contribution in [3.05, 3.63) is 65.9 Å². The first-order valence-corrected chi connectivity index (χ1v) is 7.41. The Morgan fingerprint density at radius 2 is 1.91 bits per heavy atom. The van der Waals surface area contributed by atoms with Gasteiger partial charge in [0.1, 0.15) is 0 Å². The van der Waals surface area contributed by atoms with E-state index in [1.807, 2.05) is 30.3 Å². The van der Waals surface area contributed by atoms with Crippen LogP contribution in [0.3, 0.4) is 0 Å². The number of rotatable bonds is 4. The molecule has 3 rings (SSSR count). The number of anilines is 1. The van der Waals surface area contributed by atoms with Gasteiger partial charge in [-0.15, -0.1) is 24.0 Å². The van der Waals surface area contributed by atoms with E-state index in [1.165, 1.54) is 22.0 Å². The summed E-state index contributed by atoms with van der Waals surface area (Å²) in [5.74, 6) is 0.447. The minimum absolute atomic E-state index is 0. The zero-order valence-electron chi connectivity index (χ0n) is 13.0. The van der Waals surface area contributed by atoms with Crippen molar-refractivity contribution < 1.29 is 0 Å². The number of nitrogens with two attached hydrogens (primary N) is 1. The number of H-pyrrole nitrogens is 1. The molecule has 0 aliphatic rings. The summed E-state index contributed by atoms with van der Waals surface area (Å²) in [7, 11) is 0. The molecule has 0 saturated carbocycles. The number of guanidine groups is 1. The quantitative estimate of drug-likeness (QED) is 0.339. The first kappa shape index (κ1) is 17.3. The van der Waals surface area contributed by atoms with Gasteiger partial charge in [0, 0.05) is 29.3 Å². The van der Waals surface area contributed by atoms with Crippen molar-refractivity contribution in [3.8, 4) is 0 Å². The number of aryl methyl sites for hydroxylation is 1. The van der Waals surface area contributed by atoms with Crippen LogP contribution in [-0.4, -0.2) is 17.5 Å². The highest BCUT2D eigenvalue weighted by molar-refractivity contribution is 14.0. The molecule has 0 bridgehead atoms. The van der Waals surface area contributed by atoms with Crippen LogP contribution in [0.2, 0.25) is 0 Å². The minimum atomic E-state index is 0. The Bertz CT molecular complexity index is 793. The summed E-state index contributed by atoms with van der Waals surface area (Å²) in [6.07, 6.45) is 2.93. The number of aromatic amines is 1. The number of aromatic nitrogens is 1. The van der Waals surface area contributed by atoms with Crippen LogP contribution >= 0.6 is 24.0 Å². The van der Waals surface area contributed by atoms with Crippen LogP contribution < -0.4 is 11.1 Å².